The van der Waals surface area contributed by atoms with Gasteiger partial charge in [-0.2, -0.15) is 0 Å². The van der Waals surface area contributed by atoms with E-state index in [1.807, 2.05) is 0 Å². The maximum Gasteiger partial charge on any atom is 2.00 e. The molecular weight excluding hydrogens is 233 g/mol. The van der Waals surface area contributed by atoms with E-state index < -0.39 is 11.9 Å². The summed E-state index contributed by atoms with van der Waals surface area (Å²) in [5, 5.41) is 18.8. The SMILES string of the molecule is O=C([O-])/C=C/C(=O)[O-].[Fe+2].[Zn]. The molecule has 4 nitrogen and oxygen atoms in total. The van der Waals surface area contributed by atoms with Crippen LogP contribution in [-0.2, 0) is 46.1 Å². The van der Waals surface area contributed by atoms with Crippen molar-refractivity contribution in [3.63, 3.8) is 0 Å². The van der Waals surface area contributed by atoms with Crippen LogP contribution in [0.5, 0.6) is 0 Å². The molecule has 6 heteroatoms. The van der Waals surface area contributed by atoms with Crippen LogP contribution in [0, 0.1) is 0 Å². The van der Waals surface area contributed by atoms with Crippen molar-refractivity contribution in [3.05, 3.63) is 12.2 Å². The summed E-state index contributed by atoms with van der Waals surface area (Å²) in [5.74, 6) is -3.09. The zero-order chi connectivity index (χ0) is 6.57. The summed E-state index contributed by atoms with van der Waals surface area (Å²) >= 11 is 0. The molecule has 0 radical (unpaired) electrons. The van der Waals surface area contributed by atoms with E-state index in [-0.39, 0.29) is 36.5 Å². The maximum atomic E-state index is 9.41. The maximum absolute atomic E-state index is 9.41. The van der Waals surface area contributed by atoms with Crippen LogP contribution in [-0.4, -0.2) is 11.9 Å². The molecule has 52 valence electrons. The third kappa shape index (κ3) is 15.7. The van der Waals surface area contributed by atoms with Crippen molar-refractivity contribution in [2.75, 3.05) is 0 Å². The normalized spacial score (nSPS) is 7.60. The molecule has 0 heterocycles. The zero-order valence-electron chi connectivity index (χ0n) is 4.85. The van der Waals surface area contributed by atoms with Crippen molar-refractivity contribution < 1.29 is 56.3 Å². The monoisotopic (exact) mass is 234 g/mol. The molecule has 0 aromatic heterocycles. The molecule has 0 atom stereocenters. The third-order valence-corrected chi connectivity index (χ3v) is 0.355. The van der Waals surface area contributed by atoms with Gasteiger partial charge in [-0.1, -0.05) is 0 Å². The fraction of sp³-hybridized carbons (Fsp3) is 0. The molecule has 0 aliphatic carbocycles. The molecule has 0 saturated heterocycles. The van der Waals surface area contributed by atoms with Gasteiger partial charge in [0.25, 0.3) is 0 Å². The minimum absolute atomic E-state index is 0. The van der Waals surface area contributed by atoms with Crippen LogP contribution in [0.4, 0.5) is 0 Å². The van der Waals surface area contributed by atoms with Crippen LogP contribution < -0.4 is 10.2 Å². The summed E-state index contributed by atoms with van der Waals surface area (Å²) < 4.78 is 0. The van der Waals surface area contributed by atoms with Crippen LogP contribution in [0.3, 0.4) is 0 Å². The van der Waals surface area contributed by atoms with Gasteiger partial charge >= 0.3 is 17.1 Å². The molecular formula is C4H2FeO4Zn. The molecule has 0 bridgehead atoms. The van der Waals surface area contributed by atoms with Crippen molar-refractivity contribution in [1.82, 2.24) is 0 Å². The molecule has 0 spiro atoms. The van der Waals surface area contributed by atoms with Crippen molar-refractivity contribution >= 4 is 11.9 Å². The molecule has 0 aliphatic heterocycles. The van der Waals surface area contributed by atoms with Crippen LogP contribution in [0.25, 0.3) is 0 Å². The molecule has 10 heavy (non-hydrogen) atoms. The molecule has 0 N–H and O–H groups in total. The number of carbonyl (C=O) groups excluding carboxylic acids is 2. The van der Waals surface area contributed by atoms with Gasteiger partial charge in [-0.25, -0.2) is 0 Å². The second-order valence-electron chi connectivity index (χ2n) is 0.971. The summed E-state index contributed by atoms with van der Waals surface area (Å²) in [6.07, 6.45) is 0.769. The van der Waals surface area contributed by atoms with Crippen LogP contribution in [0.1, 0.15) is 0 Å². The van der Waals surface area contributed by atoms with Gasteiger partial charge in [0.15, 0.2) is 0 Å². The van der Waals surface area contributed by atoms with Crippen LogP contribution in [0.15, 0.2) is 12.2 Å². The van der Waals surface area contributed by atoms with E-state index in [1.54, 1.807) is 0 Å². The summed E-state index contributed by atoms with van der Waals surface area (Å²) in [6.45, 7) is 0. The number of hydrogen-bond donors (Lipinski definition) is 0. The van der Waals surface area contributed by atoms with Gasteiger partial charge in [0.1, 0.15) is 0 Å². The number of carboxylic acids is 2. The Morgan fingerprint density at radius 1 is 1.00 bits per heavy atom. The van der Waals surface area contributed by atoms with Crippen LogP contribution in [0.2, 0.25) is 0 Å². The summed E-state index contributed by atoms with van der Waals surface area (Å²) in [5.41, 5.74) is 0. The second kappa shape index (κ2) is 8.82. The van der Waals surface area contributed by atoms with E-state index in [9.17, 15) is 19.8 Å². The Kier molecular flexibility index (Phi) is 14.5. The first-order valence-electron chi connectivity index (χ1n) is 1.73. The minimum Gasteiger partial charge on any atom is -0.545 e. The Bertz CT molecular complexity index is 128. The Labute approximate surface area is 80.5 Å². The molecule has 0 aromatic carbocycles. The number of hydrogen-bond acceptors (Lipinski definition) is 4. The predicted octanol–water partition coefficient (Wildman–Crippen LogP) is -2.96. The fourth-order valence-corrected chi connectivity index (χ4v) is 0.136. The van der Waals surface area contributed by atoms with Gasteiger partial charge in [-0.05, 0) is 12.2 Å². The Morgan fingerprint density at radius 3 is 1.30 bits per heavy atom. The van der Waals surface area contributed by atoms with E-state index in [2.05, 4.69) is 0 Å². The van der Waals surface area contributed by atoms with Gasteiger partial charge < -0.3 is 19.8 Å². The second-order valence-corrected chi connectivity index (χ2v) is 0.971. The van der Waals surface area contributed by atoms with E-state index >= 15 is 0 Å². The van der Waals surface area contributed by atoms with Crippen molar-refractivity contribution in [2.45, 2.75) is 0 Å². The number of carboxylic acid groups (broad SMARTS) is 2. The van der Waals surface area contributed by atoms with Crippen molar-refractivity contribution in [2.24, 2.45) is 0 Å². The first-order chi connectivity index (χ1) is 3.63. The fourth-order valence-electron chi connectivity index (χ4n) is 0.136. The average molecular weight is 235 g/mol. The summed E-state index contributed by atoms with van der Waals surface area (Å²) in [4.78, 5) is 18.8. The Morgan fingerprint density at radius 2 is 1.20 bits per heavy atom. The van der Waals surface area contributed by atoms with Crippen molar-refractivity contribution in [1.29, 1.82) is 0 Å². The van der Waals surface area contributed by atoms with Crippen molar-refractivity contribution in [3.8, 4) is 0 Å². The van der Waals surface area contributed by atoms with Gasteiger partial charge in [0.05, 0.1) is 11.9 Å². The number of aliphatic carboxylic acids is 2. The number of rotatable bonds is 2. The average Bonchev–Trinajstić information content (AvgIpc) is 1.61. The van der Waals surface area contributed by atoms with Crippen LogP contribution >= 0.6 is 0 Å². The minimum atomic E-state index is -1.55. The molecule has 0 amide bonds. The first-order valence-corrected chi connectivity index (χ1v) is 1.73. The third-order valence-electron chi connectivity index (χ3n) is 0.355. The van der Waals surface area contributed by atoms with Gasteiger partial charge in [-0.3, -0.25) is 0 Å². The Balaban J connectivity index is -0.000000245. The van der Waals surface area contributed by atoms with Gasteiger partial charge in [0.2, 0.25) is 0 Å². The molecule has 0 fully saturated rings. The summed E-state index contributed by atoms with van der Waals surface area (Å²) in [7, 11) is 0. The molecule has 0 aliphatic rings. The number of carbonyl (C=O) groups is 2. The first kappa shape index (κ1) is 16.4. The van der Waals surface area contributed by atoms with E-state index in [4.69, 9.17) is 0 Å². The smallest absolute Gasteiger partial charge is 0.545 e. The quantitative estimate of drug-likeness (QED) is 0.378. The standard InChI is InChI=1S/C4H4O4.Fe.Zn/c5-3(6)1-2-4(7)8;;/h1-2H,(H,5,6)(H,7,8);;/q;+2;/p-2/b2-1+;;. The largest absolute Gasteiger partial charge is 2.00 e. The topological polar surface area (TPSA) is 80.3 Å². The van der Waals surface area contributed by atoms with Gasteiger partial charge in [0, 0.05) is 19.5 Å². The van der Waals surface area contributed by atoms with E-state index in [0.717, 1.165) is 0 Å². The molecule has 0 aromatic rings. The molecule has 0 saturated carbocycles. The van der Waals surface area contributed by atoms with E-state index in [0.29, 0.717) is 12.2 Å². The molecule has 0 rings (SSSR count). The van der Waals surface area contributed by atoms with Gasteiger partial charge in [-0.15, -0.1) is 0 Å². The zero-order valence-corrected chi connectivity index (χ0v) is 8.92. The predicted molar refractivity (Wildman–Crippen MR) is 19.2 cm³/mol. The Hall–Kier alpha value is -0.177. The molecule has 0 unspecified atom stereocenters. The summed E-state index contributed by atoms with van der Waals surface area (Å²) in [6, 6.07) is 0. The van der Waals surface area contributed by atoms with E-state index in [1.165, 1.54) is 0 Å².